The normalized spacial score (nSPS) is 17.1. The second-order valence-electron chi connectivity index (χ2n) is 6.97. The summed E-state index contributed by atoms with van der Waals surface area (Å²) >= 11 is 1.51. The van der Waals surface area contributed by atoms with Gasteiger partial charge < -0.3 is 9.88 Å². The second-order valence-corrected chi connectivity index (χ2v) is 7.74. The van der Waals surface area contributed by atoms with Gasteiger partial charge in [-0.25, -0.2) is 19.3 Å². The number of aromatic nitrogens is 4. The smallest absolute Gasteiger partial charge is 0.187 e. The molecule has 7 heteroatoms. The van der Waals surface area contributed by atoms with Crippen LogP contribution in [0.4, 0.5) is 4.39 Å². The van der Waals surface area contributed by atoms with E-state index < -0.39 is 0 Å². The number of likely N-dealkylation sites (tertiary alicyclic amines) is 1. The molecule has 3 heterocycles. The average Bonchev–Trinajstić information content (AvgIpc) is 3.20. The van der Waals surface area contributed by atoms with Crippen molar-refractivity contribution in [3.8, 4) is 11.4 Å². The van der Waals surface area contributed by atoms with Gasteiger partial charge in [0.25, 0.3) is 0 Å². The molecule has 0 saturated carbocycles. The van der Waals surface area contributed by atoms with Crippen molar-refractivity contribution < 1.29 is 4.39 Å². The van der Waals surface area contributed by atoms with Gasteiger partial charge in [-0.2, -0.15) is 0 Å². The standard InChI is InChI=1S/C20H22FN5S/c1-26-11-8-20(9-12-26,14-3-5-15(21)6-4-14)18-23-13-17(24-18)16-7-10-22-19(25-16)27-2/h3-7,10,13H,8-9,11-12H2,1-2H3,(H,23,24). The first-order valence-electron chi connectivity index (χ1n) is 8.98. The highest BCUT2D eigenvalue weighted by Gasteiger charge is 2.39. The summed E-state index contributed by atoms with van der Waals surface area (Å²) in [5.74, 6) is 0.703. The van der Waals surface area contributed by atoms with E-state index in [4.69, 9.17) is 4.98 Å². The van der Waals surface area contributed by atoms with Crippen molar-refractivity contribution in [3.63, 3.8) is 0 Å². The molecule has 1 N–H and O–H groups in total. The van der Waals surface area contributed by atoms with E-state index in [1.165, 1.54) is 23.9 Å². The Balaban J connectivity index is 1.75. The van der Waals surface area contributed by atoms with Gasteiger partial charge in [-0.1, -0.05) is 23.9 Å². The highest BCUT2D eigenvalue weighted by molar-refractivity contribution is 7.98. The van der Waals surface area contributed by atoms with E-state index in [0.29, 0.717) is 0 Å². The molecule has 1 aliphatic rings. The van der Waals surface area contributed by atoms with E-state index in [0.717, 1.165) is 53.9 Å². The van der Waals surface area contributed by atoms with Crippen molar-refractivity contribution in [2.45, 2.75) is 23.4 Å². The Labute approximate surface area is 162 Å². The minimum absolute atomic E-state index is 0.215. The molecular formula is C20H22FN5S. The lowest BCUT2D eigenvalue weighted by atomic mass is 9.72. The zero-order valence-electron chi connectivity index (χ0n) is 15.4. The van der Waals surface area contributed by atoms with Crippen molar-refractivity contribution in [1.82, 2.24) is 24.8 Å². The molecule has 1 fully saturated rings. The van der Waals surface area contributed by atoms with E-state index in [9.17, 15) is 4.39 Å². The van der Waals surface area contributed by atoms with Crippen LogP contribution in [-0.2, 0) is 5.41 Å². The molecule has 0 atom stereocenters. The van der Waals surface area contributed by atoms with Gasteiger partial charge >= 0.3 is 0 Å². The van der Waals surface area contributed by atoms with Gasteiger partial charge in [0, 0.05) is 6.20 Å². The van der Waals surface area contributed by atoms with Crippen molar-refractivity contribution in [3.05, 3.63) is 59.9 Å². The van der Waals surface area contributed by atoms with E-state index in [2.05, 4.69) is 26.9 Å². The maximum absolute atomic E-state index is 13.5. The molecule has 1 saturated heterocycles. The van der Waals surface area contributed by atoms with Crippen molar-refractivity contribution >= 4 is 11.8 Å². The molecule has 140 valence electrons. The summed E-state index contributed by atoms with van der Waals surface area (Å²) in [6.07, 6.45) is 7.43. The van der Waals surface area contributed by atoms with Crippen LogP contribution in [0.3, 0.4) is 0 Å². The maximum Gasteiger partial charge on any atom is 0.187 e. The Bertz CT molecular complexity index is 916. The van der Waals surface area contributed by atoms with Crippen LogP contribution in [0.15, 0.2) is 47.9 Å². The van der Waals surface area contributed by atoms with Crippen LogP contribution in [0.1, 0.15) is 24.2 Å². The summed E-state index contributed by atoms with van der Waals surface area (Å²) in [4.78, 5) is 19.3. The molecule has 0 radical (unpaired) electrons. The molecule has 0 bridgehead atoms. The van der Waals surface area contributed by atoms with Gasteiger partial charge in [-0.15, -0.1) is 0 Å². The Hall–Kier alpha value is -2.25. The van der Waals surface area contributed by atoms with Crippen LogP contribution < -0.4 is 0 Å². The third-order valence-electron chi connectivity index (χ3n) is 5.36. The number of hydrogen-bond donors (Lipinski definition) is 1. The largest absolute Gasteiger partial charge is 0.340 e. The molecule has 1 aromatic carbocycles. The average molecular weight is 383 g/mol. The van der Waals surface area contributed by atoms with Crippen LogP contribution in [0.5, 0.6) is 0 Å². The first kappa shape index (κ1) is 18.1. The fraction of sp³-hybridized carbons (Fsp3) is 0.350. The van der Waals surface area contributed by atoms with Gasteiger partial charge in [-0.05, 0) is 63.0 Å². The summed E-state index contributed by atoms with van der Waals surface area (Å²) in [7, 11) is 2.13. The highest BCUT2D eigenvalue weighted by atomic mass is 32.2. The van der Waals surface area contributed by atoms with Crippen LogP contribution >= 0.6 is 11.8 Å². The molecule has 0 spiro atoms. The summed E-state index contributed by atoms with van der Waals surface area (Å²) in [5, 5.41) is 0.733. The van der Waals surface area contributed by atoms with Crippen molar-refractivity contribution in [2.24, 2.45) is 0 Å². The lowest BCUT2D eigenvalue weighted by Crippen LogP contribution is -2.42. The summed E-state index contributed by atoms with van der Waals surface area (Å²) in [6.45, 7) is 1.94. The zero-order chi connectivity index (χ0) is 18.9. The Morgan fingerprint density at radius 1 is 1.11 bits per heavy atom. The predicted octanol–water partition coefficient (Wildman–Crippen LogP) is 3.74. The number of rotatable bonds is 4. The summed E-state index contributed by atoms with van der Waals surface area (Å²) in [6, 6.07) is 8.73. The minimum atomic E-state index is -0.242. The number of nitrogens with zero attached hydrogens (tertiary/aromatic N) is 4. The number of aromatic amines is 1. The topological polar surface area (TPSA) is 57.7 Å². The second kappa shape index (κ2) is 7.40. The molecule has 27 heavy (non-hydrogen) atoms. The van der Waals surface area contributed by atoms with E-state index >= 15 is 0 Å². The van der Waals surface area contributed by atoms with Crippen LogP contribution in [0.2, 0.25) is 0 Å². The predicted molar refractivity (Wildman–Crippen MR) is 105 cm³/mol. The fourth-order valence-electron chi connectivity index (χ4n) is 3.72. The number of piperidine rings is 1. The molecule has 1 aliphatic heterocycles. The van der Waals surface area contributed by atoms with Gasteiger partial charge in [0.15, 0.2) is 5.16 Å². The van der Waals surface area contributed by atoms with E-state index in [1.54, 1.807) is 6.20 Å². The van der Waals surface area contributed by atoms with E-state index in [-0.39, 0.29) is 11.2 Å². The first-order chi connectivity index (χ1) is 13.1. The van der Waals surface area contributed by atoms with Crippen LogP contribution in [-0.4, -0.2) is 51.2 Å². The molecule has 0 unspecified atom stereocenters. The first-order valence-corrected chi connectivity index (χ1v) is 10.2. The molecule has 0 amide bonds. The van der Waals surface area contributed by atoms with Gasteiger partial charge in [0.2, 0.25) is 0 Å². The Morgan fingerprint density at radius 2 is 1.85 bits per heavy atom. The fourth-order valence-corrected chi connectivity index (χ4v) is 4.07. The number of benzene rings is 1. The number of thioether (sulfide) groups is 1. The lowest BCUT2D eigenvalue weighted by molar-refractivity contribution is 0.207. The highest BCUT2D eigenvalue weighted by Crippen LogP contribution is 2.40. The van der Waals surface area contributed by atoms with Gasteiger partial charge in [0.1, 0.15) is 11.6 Å². The quantitative estimate of drug-likeness (QED) is 0.549. The molecular weight excluding hydrogens is 361 g/mol. The van der Waals surface area contributed by atoms with Crippen LogP contribution in [0.25, 0.3) is 11.4 Å². The van der Waals surface area contributed by atoms with Gasteiger partial charge in [-0.3, -0.25) is 0 Å². The molecule has 2 aromatic heterocycles. The number of halogens is 1. The van der Waals surface area contributed by atoms with Gasteiger partial charge in [0.05, 0.1) is 23.0 Å². The molecule has 5 nitrogen and oxygen atoms in total. The Morgan fingerprint density at radius 3 is 2.56 bits per heavy atom. The third-order valence-corrected chi connectivity index (χ3v) is 5.92. The number of nitrogens with one attached hydrogen (secondary N) is 1. The maximum atomic E-state index is 13.5. The third kappa shape index (κ3) is 3.49. The summed E-state index contributed by atoms with van der Waals surface area (Å²) in [5.41, 5.74) is 2.57. The number of hydrogen-bond acceptors (Lipinski definition) is 5. The molecule has 3 aromatic rings. The number of imidazole rings is 1. The minimum Gasteiger partial charge on any atom is -0.340 e. The molecule has 0 aliphatic carbocycles. The van der Waals surface area contributed by atoms with E-state index in [1.807, 2.05) is 30.7 Å². The lowest BCUT2D eigenvalue weighted by Gasteiger charge is -2.39. The zero-order valence-corrected chi connectivity index (χ0v) is 16.3. The number of H-pyrrole nitrogens is 1. The molecule has 4 rings (SSSR count). The Kier molecular flexibility index (Phi) is 4.97. The monoisotopic (exact) mass is 383 g/mol. The van der Waals surface area contributed by atoms with Crippen molar-refractivity contribution in [2.75, 3.05) is 26.4 Å². The van der Waals surface area contributed by atoms with Crippen molar-refractivity contribution in [1.29, 1.82) is 0 Å². The summed E-state index contributed by atoms with van der Waals surface area (Å²) < 4.78 is 13.5. The van der Waals surface area contributed by atoms with Crippen LogP contribution in [0, 0.1) is 5.82 Å². The SMILES string of the molecule is CSc1nccc(-c2cnc(C3(c4ccc(F)cc4)CCN(C)CC3)[nH]2)n1.